The molecular weight excluding hydrogens is 312 g/mol. The van der Waals surface area contributed by atoms with Crippen molar-refractivity contribution < 1.29 is 8.42 Å². The summed E-state index contributed by atoms with van der Waals surface area (Å²) in [6.07, 6.45) is 2.94. The van der Waals surface area contributed by atoms with Crippen molar-refractivity contribution in [3.63, 3.8) is 0 Å². The highest BCUT2D eigenvalue weighted by atomic mass is 32.2. The Balaban J connectivity index is 1.88. The molecule has 0 atom stereocenters. The van der Waals surface area contributed by atoms with Crippen LogP contribution in [-0.4, -0.2) is 32.7 Å². The number of hydrogen-bond donors (Lipinski definition) is 2. The van der Waals surface area contributed by atoms with E-state index in [0.717, 1.165) is 11.3 Å². The van der Waals surface area contributed by atoms with Crippen LogP contribution in [0.2, 0.25) is 0 Å². The molecule has 7 heteroatoms. The Morgan fingerprint density at radius 2 is 1.78 bits per heavy atom. The van der Waals surface area contributed by atoms with Crippen LogP contribution in [0.5, 0.6) is 0 Å². The molecule has 2 aromatic rings. The van der Waals surface area contributed by atoms with E-state index in [-0.39, 0.29) is 0 Å². The normalized spacial score (nSPS) is 12.0. The van der Waals surface area contributed by atoms with Gasteiger partial charge in [-0.2, -0.15) is 0 Å². The molecule has 2 rings (SSSR count). The van der Waals surface area contributed by atoms with Crippen molar-refractivity contribution in [2.45, 2.75) is 18.0 Å². The molecule has 0 spiro atoms. The SMILES string of the molecule is CN=C(NCc1ccc(S(C)(=O)=O)cc1)NCc1ccccn1. The Morgan fingerprint density at radius 3 is 2.35 bits per heavy atom. The molecular formula is C16H20N4O2S. The average Bonchev–Trinajstić information content (AvgIpc) is 2.55. The fourth-order valence-corrected chi connectivity index (χ4v) is 2.57. The van der Waals surface area contributed by atoms with Crippen molar-refractivity contribution in [1.29, 1.82) is 0 Å². The quantitative estimate of drug-likeness (QED) is 0.638. The molecule has 1 heterocycles. The predicted molar refractivity (Wildman–Crippen MR) is 90.8 cm³/mol. The second kappa shape index (κ2) is 7.73. The Bertz CT molecular complexity index is 756. The number of sulfone groups is 1. The molecule has 0 bridgehead atoms. The number of nitrogens with one attached hydrogen (secondary N) is 2. The van der Waals surface area contributed by atoms with Gasteiger partial charge in [-0.15, -0.1) is 0 Å². The van der Waals surface area contributed by atoms with Crippen molar-refractivity contribution in [3.05, 3.63) is 59.9 Å². The zero-order valence-corrected chi connectivity index (χ0v) is 14.0. The van der Waals surface area contributed by atoms with Crippen LogP contribution in [0.3, 0.4) is 0 Å². The number of hydrogen-bond acceptors (Lipinski definition) is 4. The van der Waals surface area contributed by atoms with E-state index in [9.17, 15) is 8.42 Å². The first-order chi connectivity index (χ1) is 11.0. The molecule has 1 aromatic heterocycles. The smallest absolute Gasteiger partial charge is 0.191 e. The Morgan fingerprint density at radius 1 is 1.09 bits per heavy atom. The van der Waals surface area contributed by atoms with Crippen LogP contribution >= 0.6 is 0 Å². The second-order valence-corrected chi connectivity index (χ2v) is 7.03. The standard InChI is InChI=1S/C16H20N4O2S/c1-17-16(20-12-14-5-3-4-10-18-14)19-11-13-6-8-15(9-7-13)23(2,21)22/h3-10H,11-12H2,1-2H3,(H2,17,19,20). The molecule has 0 saturated carbocycles. The topological polar surface area (TPSA) is 83.5 Å². The van der Waals surface area contributed by atoms with Gasteiger partial charge in [0.2, 0.25) is 0 Å². The molecule has 23 heavy (non-hydrogen) atoms. The highest BCUT2D eigenvalue weighted by Crippen LogP contribution is 2.10. The Labute approximate surface area is 136 Å². The van der Waals surface area contributed by atoms with E-state index < -0.39 is 9.84 Å². The maximum Gasteiger partial charge on any atom is 0.191 e. The highest BCUT2D eigenvalue weighted by molar-refractivity contribution is 7.90. The lowest BCUT2D eigenvalue weighted by molar-refractivity contribution is 0.602. The summed E-state index contributed by atoms with van der Waals surface area (Å²) in [5, 5.41) is 6.35. The number of rotatable bonds is 5. The number of pyridine rings is 1. The maximum absolute atomic E-state index is 11.4. The van der Waals surface area contributed by atoms with Crippen LogP contribution in [0.1, 0.15) is 11.3 Å². The van der Waals surface area contributed by atoms with Crippen LogP contribution < -0.4 is 10.6 Å². The van der Waals surface area contributed by atoms with Crippen molar-refractivity contribution >= 4 is 15.8 Å². The van der Waals surface area contributed by atoms with Gasteiger partial charge in [0.15, 0.2) is 15.8 Å². The van der Waals surface area contributed by atoms with E-state index in [1.165, 1.54) is 6.26 Å². The largest absolute Gasteiger partial charge is 0.352 e. The van der Waals surface area contributed by atoms with E-state index in [2.05, 4.69) is 20.6 Å². The lowest BCUT2D eigenvalue weighted by atomic mass is 10.2. The van der Waals surface area contributed by atoms with Crippen LogP contribution in [0.25, 0.3) is 0 Å². The Hall–Kier alpha value is -2.41. The lowest BCUT2D eigenvalue weighted by Gasteiger charge is -2.12. The third kappa shape index (κ3) is 5.37. The van der Waals surface area contributed by atoms with E-state index in [4.69, 9.17) is 0 Å². The van der Waals surface area contributed by atoms with Gasteiger partial charge in [-0.25, -0.2) is 8.42 Å². The third-order valence-electron chi connectivity index (χ3n) is 3.20. The van der Waals surface area contributed by atoms with Crippen LogP contribution in [0, 0.1) is 0 Å². The Kier molecular flexibility index (Phi) is 5.70. The summed E-state index contributed by atoms with van der Waals surface area (Å²) in [6.45, 7) is 1.12. The predicted octanol–water partition coefficient (Wildman–Crippen LogP) is 1.35. The van der Waals surface area contributed by atoms with E-state index in [1.807, 2.05) is 18.2 Å². The summed E-state index contributed by atoms with van der Waals surface area (Å²) in [6, 6.07) is 12.5. The van der Waals surface area contributed by atoms with Gasteiger partial charge in [-0.1, -0.05) is 18.2 Å². The zero-order chi connectivity index (χ0) is 16.7. The molecule has 0 aliphatic carbocycles. The maximum atomic E-state index is 11.4. The molecule has 0 aliphatic rings. The van der Waals surface area contributed by atoms with Gasteiger partial charge in [-0.3, -0.25) is 9.98 Å². The second-order valence-electron chi connectivity index (χ2n) is 5.02. The first kappa shape index (κ1) is 17.0. The van der Waals surface area contributed by atoms with Gasteiger partial charge in [0.1, 0.15) is 0 Å². The first-order valence-corrected chi connectivity index (χ1v) is 9.01. The molecule has 122 valence electrons. The summed E-state index contributed by atoms with van der Waals surface area (Å²) in [5.41, 5.74) is 1.89. The van der Waals surface area contributed by atoms with Crippen LogP contribution in [-0.2, 0) is 22.9 Å². The minimum absolute atomic E-state index is 0.318. The van der Waals surface area contributed by atoms with E-state index in [0.29, 0.717) is 23.9 Å². The molecule has 0 radical (unpaired) electrons. The van der Waals surface area contributed by atoms with E-state index >= 15 is 0 Å². The summed E-state index contributed by atoms with van der Waals surface area (Å²) in [7, 11) is -1.46. The fourth-order valence-electron chi connectivity index (χ4n) is 1.94. The minimum Gasteiger partial charge on any atom is -0.352 e. The highest BCUT2D eigenvalue weighted by Gasteiger charge is 2.06. The van der Waals surface area contributed by atoms with Gasteiger partial charge in [0, 0.05) is 26.0 Å². The van der Waals surface area contributed by atoms with Crippen LogP contribution in [0.15, 0.2) is 58.5 Å². The number of aromatic nitrogens is 1. The fraction of sp³-hybridized carbons (Fsp3) is 0.250. The molecule has 0 fully saturated rings. The van der Waals surface area contributed by atoms with Crippen LogP contribution in [0.4, 0.5) is 0 Å². The van der Waals surface area contributed by atoms with Crippen molar-refractivity contribution in [1.82, 2.24) is 15.6 Å². The van der Waals surface area contributed by atoms with Gasteiger partial charge in [0.05, 0.1) is 17.1 Å². The number of nitrogens with zero attached hydrogens (tertiary/aromatic N) is 2. The van der Waals surface area contributed by atoms with Crippen molar-refractivity contribution in [3.8, 4) is 0 Å². The molecule has 0 unspecified atom stereocenters. The van der Waals surface area contributed by atoms with Gasteiger partial charge in [0.25, 0.3) is 0 Å². The summed E-state index contributed by atoms with van der Waals surface area (Å²) < 4.78 is 22.9. The third-order valence-corrected chi connectivity index (χ3v) is 4.33. The molecule has 2 N–H and O–H groups in total. The van der Waals surface area contributed by atoms with Gasteiger partial charge in [-0.05, 0) is 29.8 Å². The molecule has 6 nitrogen and oxygen atoms in total. The van der Waals surface area contributed by atoms with Crippen molar-refractivity contribution in [2.24, 2.45) is 4.99 Å². The summed E-state index contributed by atoms with van der Waals surface area (Å²) in [4.78, 5) is 8.70. The minimum atomic E-state index is -3.16. The number of benzene rings is 1. The van der Waals surface area contributed by atoms with E-state index in [1.54, 1.807) is 37.5 Å². The average molecular weight is 332 g/mol. The molecule has 0 amide bonds. The summed E-state index contributed by atoms with van der Waals surface area (Å²) >= 11 is 0. The lowest BCUT2D eigenvalue weighted by Crippen LogP contribution is -2.36. The van der Waals surface area contributed by atoms with Gasteiger partial charge < -0.3 is 10.6 Å². The molecule has 0 aliphatic heterocycles. The van der Waals surface area contributed by atoms with Gasteiger partial charge >= 0.3 is 0 Å². The molecule has 0 saturated heterocycles. The number of guanidine groups is 1. The first-order valence-electron chi connectivity index (χ1n) is 7.12. The number of aliphatic imine (C=N–C) groups is 1. The monoisotopic (exact) mass is 332 g/mol. The van der Waals surface area contributed by atoms with Crippen molar-refractivity contribution in [2.75, 3.05) is 13.3 Å². The zero-order valence-electron chi connectivity index (χ0n) is 13.2. The summed E-state index contributed by atoms with van der Waals surface area (Å²) in [5.74, 6) is 0.655. The molecule has 1 aromatic carbocycles.